The minimum absolute atomic E-state index is 0.110. The molecule has 0 bridgehead atoms. The average molecular weight is 449 g/mol. The van der Waals surface area contributed by atoms with Crippen LogP contribution in [0.1, 0.15) is 34.0 Å². The molecular formula is C25H25ClN4O2. The van der Waals surface area contributed by atoms with Gasteiger partial charge in [-0.05, 0) is 42.2 Å². The largest absolute Gasteiger partial charge is 0.495 e. The van der Waals surface area contributed by atoms with Crippen LogP contribution in [0.5, 0.6) is 5.75 Å². The molecule has 1 fully saturated rings. The molecule has 2 aromatic carbocycles. The lowest BCUT2D eigenvalue weighted by atomic mass is 9.82. The summed E-state index contributed by atoms with van der Waals surface area (Å²) < 4.78 is 5.52. The van der Waals surface area contributed by atoms with Crippen molar-refractivity contribution in [3.8, 4) is 5.75 Å². The molecule has 1 aliphatic heterocycles. The zero-order valence-electron chi connectivity index (χ0n) is 18.0. The molecule has 2 heterocycles. The highest BCUT2D eigenvalue weighted by Crippen LogP contribution is 2.33. The van der Waals surface area contributed by atoms with Crippen LogP contribution in [0.25, 0.3) is 0 Å². The number of nitrogens with zero attached hydrogens (tertiary/aromatic N) is 4. The van der Waals surface area contributed by atoms with Crippen LogP contribution in [0, 0.1) is 0 Å². The van der Waals surface area contributed by atoms with E-state index in [2.05, 4.69) is 20.9 Å². The number of Topliss-reactive ketones (excluding diaryl/α,β-unsaturated/α-hetero) is 1. The number of ketones is 1. The van der Waals surface area contributed by atoms with Gasteiger partial charge in [0.25, 0.3) is 0 Å². The molecule has 3 aromatic rings. The van der Waals surface area contributed by atoms with Crippen LogP contribution in [0.2, 0.25) is 5.02 Å². The van der Waals surface area contributed by atoms with Gasteiger partial charge in [0.2, 0.25) is 5.95 Å². The van der Waals surface area contributed by atoms with E-state index < -0.39 is 0 Å². The summed E-state index contributed by atoms with van der Waals surface area (Å²) in [5.41, 5.74) is 3.74. The maximum Gasteiger partial charge on any atom is 0.225 e. The molecule has 0 N–H and O–H groups in total. The molecule has 7 heteroatoms. The van der Waals surface area contributed by atoms with Crippen molar-refractivity contribution in [3.05, 3.63) is 76.6 Å². The van der Waals surface area contributed by atoms with E-state index in [4.69, 9.17) is 21.3 Å². The third-order valence-electron chi connectivity index (χ3n) is 6.36. The first kappa shape index (κ1) is 20.8. The van der Waals surface area contributed by atoms with Crippen LogP contribution in [-0.4, -0.2) is 49.0 Å². The number of hydrogen-bond donors (Lipinski definition) is 0. The molecule has 1 unspecified atom stereocenters. The van der Waals surface area contributed by atoms with Gasteiger partial charge in [-0.2, -0.15) is 0 Å². The summed E-state index contributed by atoms with van der Waals surface area (Å²) in [5.74, 6) is 1.82. The zero-order valence-corrected chi connectivity index (χ0v) is 18.8. The maximum atomic E-state index is 12.7. The van der Waals surface area contributed by atoms with Gasteiger partial charge in [0.05, 0.1) is 24.1 Å². The highest BCUT2D eigenvalue weighted by Gasteiger charge is 2.29. The lowest BCUT2D eigenvalue weighted by Crippen LogP contribution is -2.47. The normalized spacial score (nSPS) is 18.4. The quantitative estimate of drug-likeness (QED) is 0.590. The molecule has 1 saturated heterocycles. The fourth-order valence-corrected chi connectivity index (χ4v) is 4.72. The molecule has 1 aliphatic carbocycles. The van der Waals surface area contributed by atoms with Gasteiger partial charge in [0, 0.05) is 43.8 Å². The Morgan fingerprint density at radius 1 is 0.969 bits per heavy atom. The minimum Gasteiger partial charge on any atom is -0.495 e. The molecule has 32 heavy (non-hydrogen) atoms. The van der Waals surface area contributed by atoms with E-state index in [1.54, 1.807) is 13.3 Å². The highest BCUT2D eigenvalue weighted by atomic mass is 35.5. The van der Waals surface area contributed by atoms with Crippen LogP contribution in [0.3, 0.4) is 0 Å². The van der Waals surface area contributed by atoms with Gasteiger partial charge in [-0.3, -0.25) is 4.79 Å². The van der Waals surface area contributed by atoms with Crippen molar-refractivity contribution in [3.63, 3.8) is 0 Å². The van der Waals surface area contributed by atoms with E-state index in [9.17, 15) is 4.79 Å². The predicted molar refractivity (Wildman–Crippen MR) is 126 cm³/mol. The van der Waals surface area contributed by atoms with Gasteiger partial charge >= 0.3 is 0 Å². The lowest BCUT2D eigenvalue weighted by molar-refractivity contribution is 0.0962. The SMILES string of the molecule is COc1ccccc1N1CCN(c2ncc3c(n2)CC(c2ccc(Cl)cc2)CC3=O)CC1. The Morgan fingerprint density at radius 3 is 2.44 bits per heavy atom. The van der Waals surface area contributed by atoms with Crippen molar-refractivity contribution in [1.29, 1.82) is 0 Å². The van der Waals surface area contributed by atoms with E-state index in [0.29, 0.717) is 23.0 Å². The Kier molecular flexibility index (Phi) is 5.70. The standard InChI is InChI=1S/C25H25ClN4O2/c1-32-24-5-3-2-4-22(24)29-10-12-30(13-11-29)25-27-16-20-21(28-25)14-18(15-23(20)31)17-6-8-19(26)9-7-17/h2-9,16,18H,10-15H2,1H3. The lowest BCUT2D eigenvalue weighted by Gasteiger charge is -2.37. The van der Waals surface area contributed by atoms with Gasteiger partial charge in [-0.15, -0.1) is 0 Å². The molecule has 2 aliphatic rings. The number of halogens is 1. The van der Waals surface area contributed by atoms with Crippen LogP contribution in [0.15, 0.2) is 54.7 Å². The number of methoxy groups -OCH3 is 1. The number of fused-ring (bicyclic) bond motifs is 1. The van der Waals surface area contributed by atoms with Crippen molar-refractivity contribution in [1.82, 2.24) is 9.97 Å². The van der Waals surface area contributed by atoms with Crippen LogP contribution in [0.4, 0.5) is 11.6 Å². The topological polar surface area (TPSA) is 58.6 Å². The summed E-state index contributed by atoms with van der Waals surface area (Å²) in [5, 5.41) is 0.702. The van der Waals surface area contributed by atoms with Crippen LogP contribution in [-0.2, 0) is 6.42 Å². The molecule has 164 valence electrons. The molecule has 1 atom stereocenters. The fourth-order valence-electron chi connectivity index (χ4n) is 4.60. The first-order chi connectivity index (χ1) is 15.6. The third kappa shape index (κ3) is 4.02. The average Bonchev–Trinajstić information content (AvgIpc) is 2.84. The van der Waals surface area contributed by atoms with Gasteiger partial charge in [-0.1, -0.05) is 35.9 Å². The second-order valence-electron chi connectivity index (χ2n) is 8.26. The second-order valence-corrected chi connectivity index (χ2v) is 8.69. The number of hydrogen-bond acceptors (Lipinski definition) is 6. The van der Waals surface area contributed by atoms with E-state index in [1.165, 1.54) is 0 Å². The Balaban J connectivity index is 1.32. The first-order valence-electron chi connectivity index (χ1n) is 10.9. The van der Waals surface area contributed by atoms with E-state index >= 15 is 0 Å². The first-order valence-corrected chi connectivity index (χ1v) is 11.3. The van der Waals surface area contributed by atoms with Crippen LogP contribution >= 0.6 is 11.6 Å². The summed E-state index contributed by atoms with van der Waals surface area (Å²) in [6.45, 7) is 3.33. The van der Waals surface area contributed by atoms with Gasteiger partial charge < -0.3 is 14.5 Å². The summed E-state index contributed by atoms with van der Waals surface area (Å²) in [6.07, 6.45) is 2.93. The highest BCUT2D eigenvalue weighted by molar-refractivity contribution is 6.30. The Morgan fingerprint density at radius 2 is 1.69 bits per heavy atom. The number of ether oxygens (including phenoxy) is 1. The maximum absolute atomic E-state index is 12.7. The third-order valence-corrected chi connectivity index (χ3v) is 6.61. The van der Waals surface area contributed by atoms with Gasteiger partial charge in [0.15, 0.2) is 5.78 Å². The van der Waals surface area contributed by atoms with E-state index in [0.717, 1.165) is 55.3 Å². The van der Waals surface area contributed by atoms with Gasteiger partial charge in [-0.25, -0.2) is 9.97 Å². The second kappa shape index (κ2) is 8.79. The number of benzene rings is 2. The molecule has 0 saturated carbocycles. The number of piperazine rings is 1. The number of rotatable bonds is 4. The molecule has 0 amide bonds. The van der Waals surface area contributed by atoms with Gasteiger partial charge in [0.1, 0.15) is 5.75 Å². The number of para-hydroxylation sites is 2. The van der Waals surface area contributed by atoms with Crippen molar-refractivity contribution < 1.29 is 9.53 Å². The summed E-state index contributed by atoms with van der Waals surface area (Å²) in [7, 11) is 1.70. The summed E-state index contributed by atoms with van der Waals surface area (Å²) in [4.78, 5) is 26.6. The molecular weight excluding hydrogens is 424 g/mol. The van der Waals surface area contributed by atoms with E-state index in [1.807, 2.05) is 42.5 Å². The summed E-state index contributed by atoms with van der Waals surface area (Å²) >= 11 is 6.03. The molecule has 0 spiro atoms. The smallest absolute Gasteiger partial charge is 0.225 e. The molecule has 0 radical (unpaired) electrons. The Bertz CT molecular complexity index is 1130. The van der Waals surface area contributed by atoms with E-state index in [-0.39, 0.29) is 11.7 Å². The zero-order chi connectivity index (χ0) is 22.1. The monoisotopic (exact) mass is 448 g/mol. The number of anilines is 2. The number of aromatic nitrogens is 2. The molecule has 1 aromatic heterocycles. The number of carbonyl (C=O) groups is 1. The molecule has 6 nitrogen and oxygen atoms in total. The number of carbonyl (C=O) groups excluding carboxylic acids is 1. The minimum atomic E-state index is 0.110. The van der Waals surface area contributed by atoms with Crippen molar-refractivity contribution >= 4 is 29.0 Å². The Labute approximate surface area is 192 Å². The summed E-state index contributed by atoms with van der Waals surface area (Å²) in [6, 6.07) is 15.9. The van der Waals surface area contributed by atoms with Crippen molar-refractivity contribution in [2.24, 2.45) is 0 Å². The Hall–Kier alpha value is -3.12. The van der Waals surface area contributed by atoms with Crippen molar-refractivity contribution in [2.75, 3.05) is 43.1 Å². The fraction of sp³-hybridized carbons (Fsp3) is 0.320. The van der Waals surface area contributed by atoms with Crippen LogP contribution < -0.4 is 14.5 Å². The molecule has 5 rings (SSSR count). The van der Waals surface area contributed by atoms with Crippen molar-refractivity contribution in [2.45, 2.75) is 18.8 Å². The predicted octanol–water partition coefficient (Wildman–Crippen LogP) is 4.38.